The van der Waals surface area contributed by atoms with Gasteiger partial charge >= 0.3 is 13.5 Å². The molecule has 0 fully saturated rings. The summed E-state index contributed by atoms with van der Waals surface area (Å²) in [5.41, 5.74) is 2.20. The number of carboxylic acid groups (broad SMARTS) is 1. The summed E-state index contributed by atoms with van der Waals surface area (Å²) in [6.07, 6.45) is 0. The minimum Gasteiger partial charge on any atom is -0.477 e. The maximum absolute atomic E-state index is 13.1. The third-order valence-electron chi connectivity index (χ3n) is 3.09. The van der Waals surface area contributed by atoms with Crippen molar-refractivity contribution in [2.75, 3.05) is 12.2 Å². The monoisotopic (exact) mass is 451 g/mol. The van der Waals surface area contributed by atoms with Crippen LogP contribution in [0.3, 0.4) is 0 Å². The first kappa shape index (κ1) is 17.5. The second-order valence-electron chi connectivity index (χ2n) is 4.73. The summed E-state index contributed by atoms with van der Waals surface area (Å²) in [5.74, 6) is -1.06. The molecule has 0 aliphatic rings. The Hall–Kier alpha value is -0.890. The van der Waals surface area contributed by atoms with Crippen molar-refractivity contribution < 1.29 is 19.0 Å². The van der Waals surface area contributed by atoms with Gasteiger partial charge in [-0.2, -0.15) is 0 Å². The lowest BCUT2D eigenvalue weighted by Gasteiger charge is -2.20. The Labute approximate surface area is 146 Å². The quantitative estimate of drug-likeness (QED) is 0.526. The van der Waals surface area contributed by atoms with Crippen LogP contribution in [0.1, 0.15) is 20.8 Å². The van der Waals surface area contributed by atoms with E-state index in [1.807, 2.05) is 48.6 Å². The van der Waals surface area contributed by atoms with Gasteiger partial charge in [-0.3, -0.25) is 4.57 Å². The number of rotatable bonds is 5. The van der Waals surface area contributed by atoms with Crippen LogP contribution in [0.2, 0.25) is 0 Å². The maximum Gasteiger partial charge on any atom is 0.348 e. The molecule has 5 nitrogen and oxygen atoms in total. The van der Waals surface area contributed by atoms with E-state index in [1.165, 1.54) is 7.11 Å². The van der Waals surface area contributed by atoms with Crippen LogP contribution in [0.4, 0.5) is 5.69 Å². The Bertz CT molecular complexity index is 774. The first-order valence-electron chi connectivity index (χ1n) is 6.31. The van der Waals surface area contributed by atoms with E-state index < -0.39 is 13.5 Å². The topological polar surface area (TPSA) is 75.6 Å². The molecule has 0 saturated heterocycles. The molecule has 1 aromatic heterocycles. The number of thiophene rings is 1. The highest BCUT2D eigenvalue weighted by atomic mass is 127. The summed E-state index contributed by atoms with van der Waals surface area (Å²) >= 11 is 3.16. The molecule has 1 aromatic carbocycles. The number of anilines is 1. The standard InChI is InChI=1S/C14H15INO4PS/c1-8-4-5-11(9(2)6-8)21(19,20-3)16-10-7-12(15)22-13(10)14(17)18/h4-7H,1-3H3,(H,16,19)(H,17,18). The fourth-order valence-corrected chi connectivity index (χ4v) is 5.53. The number of nitrogens with one attached hydrogen (secondary N) is 1. The number of halogens is 1. The van der Waals surface area contributed by atoms with Gasteiger partial charge in [0.05, 0.1) is 13.9 Å². The molecule has 0 aliphatic carbocycles. The first-order valence-corrected chi connectivity index (χ1v) is 9.83. The Kier molecular flexibility index (Phi) is 5.32. The van der Waals surface area contributed by atoms with Crippen molar-refractivity contribution in [3.63, 3.8) is 0 Å². The molecule has 0 saturated carbocycles. The van der Waals surface area contributed by atoms with Crippen LogP contribution < -0.4 is 10.4 Å². The Morgan fingerprint density at radius 2 is 2.05 bits per heavy atom. The largest absolute Gasteiger partial charge is 0.477 e. The number of aryl methyl sites for hydroxylation is 2. The molecule has 0 aliphatic heterocycles. The van der Waals surface area contributed by atoms with E-state index in [2.05, 4.69) is 5.09 Å². The van der Waals surface area contributed by atoms with E-state index in [0.717, 1.165) is 25.3 Å². The average molecular weight is 451 g/mol. The molecule has 22 heavy (non-hydrogen) atoms. The van der Waals surface area contributed by atoms with Crippen LogP contribution >= 0.6 is 41.4 Å². The summed E-state index contributed by atoms with van der Waals surface area (Å²) in [6.45, 7) is 3.80. The summed E-state index contributed by atoms with van der Waals surface area (Å²) in [7, 11) is -2.04. The number of carbonyl (C=O) groups is 1. The van der Waals surface area contributed by atoms with Crippen LogP contribution in [0.25, 0.3) is 0 Å². The lowest BCUT2D eigenvalue weighted by atomic mass is 10.2. The fourth-order valence-electron chi connectivity index (χ4n) is 2.10. The summed E-state index contributed by atoms with van der Waals surface area (Å²) in [6, 6.07) is 7.17. The molecule has 1 heterocycles. The molecule has 0 amide bonds. The van der Waals surface area contributed by atoms with Gasteiger partial charge in [0.15, 0.2) is 0 Å². The average Bonchev–Trinajstić information content (AvgIpc) is 2.79. The van der Waals surface area contributed by atoms with Crippen molar-refractivity contribution >= 4 is 58.4 Å². The van der Waals surface area contributed by atoms with Crippen LogP contribution in [-0.4, -0.2) is 18.2 Å². The summed E-state index contributed by atoms with van der Waals surface area (Å²) in [5, 5.41) is 12.6. The predicted octanol–water partition coefficient (Wildman–Crippen LogP) is 4.24. The van der Waals surface area contributed by atoms with E-state index in [1.54, 1.807) is 12.1 Å². The molecule has 1 unspecified atom stereocenters. The fraction of sp³-hybridized carbons (Fsp3) is 0.214. The second-order valence-corrected chi connectivity index (χ2v) is 9.85. The summed E-state index contributed by atoms with van der Waals surface area (Å²) in [4.78, 5) is 11.4. The molecule has 2 rings (SSSR count). The maximum atomic E-state index is 13.1. The van der Waals surface area contributed by atoms with Gasteiger partial charge in [-0.1, -0.05) is 17.7 Å². The van der Waals surface area contributed by atoms with Gasteiger partial charge in [0.25, 0.3) is 0 Å². The lowest BCUT2D eigenvalue weighted by Crippen LogP contribution is -2.17. The molecule has 118 valence electrons. The lowest BCUT2D eigenvalue weighted by molar-refractivity contribution is 0.0703. The van der Waals surface area contributed by atoms with Gasteiger partial charge in [0.1, 0.15) is 4.88 Å². The Balaban J connectivity index is 2.48. The minimum absolute atomic E-state index is 0.117. The number of benzene rings is 1. The highest BCUT2D eigenvalue weighted by molar-refractivity contribution is 14.1. The van der Waals surface area contributed by atoms with Crippen molar-refractivity contribution in [3.8, 4) is 0 Å². The van der Waals surface area contributed by atoms with Crippen molar-refractivity contribution in [3.05, 3.63) is 43.2 Å². The number of aromatic carboxylic acids is 1. The molecular weight excluding hydrogens is 436 g/mol. The number of hydrogen-bond acceptors (Lipinski definition) is 4. The van der Waals surface area contributed by atoms with Crippen molar-refractivity contribution in [2.24, 2.45) is 0 Å². The van der Waals surface area contributed by atoms with Crippen molar-refractivity contribution in [1.29, 1.82) is 0 Å². The van der Waals surface area contributed by atoms with E-state index >= 15 is 0 Å². The van der Waals surface area contributed by atoms with Gasteiger partial charge in [0, 0.05) is 7.11 Å². The third kappa shape index (κ3) is 3.53. The Morgan fingerprint density at radius 3 is 2.59 bits per heavy atom. The normalized spacial score (nSPS) is 13.6. The number of hydrogen-bond donors (Lipinski definition) is 2. The van der Waals surface area contributed by atoms with E-state index in [4.69, 9.17) is 4.52 Å². The molecule has 0 bridgehead atoms. The molecule has 0 spiro atoms. The molecule has 0 radical (unpaired) electrons. The van der Waals surface area contributed by atoms with Gasteiger partial charge in [0.2, 0.25) is 0 Å². The van der Waals surface area contributed by atoms with Crippen LogP contribution in [-0.2, 0) is 9.09 Å². The van der Waals surface area contributed by atoms with Crippen molar-refractivity contribution in [2.45, 2.75) is 13.8 Å². The zero-order valence-corrected chi connectivity index (χ0v) is 16.1. The van der Waals surface area contributed by atoms with Gasteiger partial charge in [-0.15, -0.1) is 11.3 Å². The summed E-state index contributed by atoms with van der Waals surface area (Å²) < 4.78 is 19.2. The van der Waals surface area contributed by atoms with E-state index in [0.29, 0.717) is 11.0 Å². The molecule has 1 atom stereocenters. The van der Waals surface area contributed by atoms with Gasteiger partial charge in [-0.05, 0) is 54.1 Å². The second kappa shape index (κ2) is 6.70. The third-order valence-corrected chi connectivity index (χ3v) is 7.16. The smallest absolute Gasteiger partial charge is 0.348 e. The Morgan fingerprint density at radius 1 is 1.36 bits per heavy atom. The van der Waals surface area contributed by atoms with E-state index in [-0.39, 0.29) is 4.88 Å². The zero-order chi connectivity index (χ0) is 16.5. The van der Waals surface area contributed by atoms with Crippen LogP contribution in [0.15, 0.2) is 24.3 Å². The predicted molar refractivity (Wildman–Crippen MR) is 97.8 cm³/mol. The SMILES string of the molecule is COP(=O)(Nc1cc(I)sc1C(=O)O)c1ccc(C)cc1C. The highest BCUT2D eigenvalue weighted by Crippen LogP contribution is 2.47. The molecular formula is C14H15INO4PS. The molecule has 8 heteroatoms. The highest BCUT2D eigenvalue weighted by Gasteiger charge is 2.29. The van der Waals surface area contributed by atoms with E-state index in [9.17, 15) is 14.5 Å². The van der Waals surface area contributed by atoms with Gasteiger partial charge in [-0.25, -0.2) is 4.79 Å². The zero-order valence-electron chi connectivity index (χ0n) is 12.2. The van der Waals surface area contributed by atoms with Crippen LogP contribution in [0.5, 0.6) is 0 Å². The molecule has 2 N–H and O–H groups in total. The number of carboxylic acids is 1. The molecule has 2 aromatic rings. The first-order chi connectivity index (χ1) is 10.3. The van der Waals surface area contributed by atoms with Crippen molar-refractivity contribution in [1.82, 2.24) is 0 Å². The minimum atomic E-state index is -3.40. The van der Waals surface area contributed by atoms with Crippen LogP contribution in [0, 0.1) is 16.7 Å². The van der Waals surface area contributed by atoms with Gasteiger partial charge < -0.3 is 14.7 Å².